The largest absolute Gasteiger partial charge is 0.435 e. The summed E-state index contributed by atoms with van der Waals surface area (Å²) in [6, 6.07) is 76.9. The van der Waals surface area contributed by atoms with Gasteiger partial charge in [0.1, 0.15) is 5.52 Å². The summed E-state index contributed by atoms with van der Waals surface area (Å²) in [5, 5.41) is 11.7. The van der Waals surface area contributed by atoms with E-state index >= 15 is 0 Å². The quantitative estimate of drug-likeness (QED) is 0.156. The van der Waals surface area contributed by atoms with Gasteiger partial charge in [-0.25, -0.2) is 9.97 Å². The predicted molar refractivity (Wildman–Crippen MR) is 282 cm³/mol. The zero-order valence-corrected chi connectivity index (χ0v) is 36.9. The number of hydrogen-bond acceptors (Lipinski definition) is 5. The lowest BCUT2D eigenvalue weighted by Gasteiger charge is -2.15. The lowest BCUT2D eigenvalue weighted by Crippen LogP contribution is -2.07. The molecule has 0 radical (unpaired) electrons. The first-order valence-corrected chi connectivity index (χ1v) is 23.2. The van der Waals surface area contributed by atoms with Crippen LogP contribution < -0.4 is 0 Å². The van der Waals surface area contributed by atoms with Gasteiger partial charge in [0.25, 0.3) is 0 Å². The molecule has 0 atom stereocenters. The molecule has 0 saturated carbocycles. The number of aromatic nitrogens is 6. The summed E-state index contributed by atoms with van der Waals surface area (Å²) < 4.78 is 11.2. The third-order valence-corrected chi connectivity index (χ3v) is 13.9. The molecule has 4 heterocycles. The molecule has 0 fully saturated rings. The zero-order valence-electron chi connectivity index (χ0n) is 36.9. The van der Waals surface area contributed by atoms with Gasteiger partial charge < -0.3 is 8.98 Å². The molecule has 69 heavy (non-hydrogen) atoms. The second-order valence-electron chi connectivity index (χ2n) is 17.8. The number of hydrogen-bond donors (Lipinski definition) is 0. The fourth-order valence-corrected chi connectivity index (χ4v) is 10.9. The van der Waals surface area contributed by atoms with Gasteiger partial charge in [0, 0.05) is 49.5 Å². The number of para-hydroxylation sites is 3. The SMILES string of the molecule is c1ccc(-c2nc(-c3ccc4ccc5cccc6ccc3c4c56)nc(-n3c4ccccc4c4ccc5c6ccccc6n(-c6cccc(-c7cccc8nc(-c9ccccc9)oc78)c6)c5c43)n2)cc1. The van der Waals surface area contributed by atoms with Crippen molar-refractivity contribution < 1.29 is 4.42 Å². The zero-order chi connectivity index (χ0) is 45.2. The molecule has 0 aliphatic carbocycles. The van der Waals surface area contributed by atoms with Gasteiger partial charge in [-0.05, 0) is 86.4 Å². The van der Waals surface area contributed by atoms with Crippen molar-refractivity contribution >= 4 is 87.0 Å². The van der Waals surface area contributed by atoms with Crippen LogP contribution in [0, 0.1) is 0 Å². The first-order valence-electron chi connectivity index (χ1n) is 23.2. The van der Waals surface area contributed by atoms with E-state index in [2.05, 4.69) is 173 Å². The Hall–Kier alpha value is -9.46. The van der Waals surface area contributed by atoms with E-state index in [0.717, 1.165) is 93.6 Å². The molecular weight excluding hydrogens is 845 g/mol. The molecule has 4 aromatic heterocycles. The van der Waals surface area contributed by atoms with E-state index in [0.29, 0.717) is 23.5 Å². The number of nitrogens with zero attached hydrogens (tertiary/aromatic N) is 6. The van der Waals surface area contributed by atoms with Crippen molar-refractivity contribution in [3.8, 4) is 57.0 Å². The standard InChI is InChI=1S/C62H36N6O/c1-3-14-40(15-4-1)59-64-60(50-33-31-39-29-28-37-18-11-19-38-30-32-47(50)55(39)54(37)38)66-62(65-59)68-53-27-10-8-23-46(53)49-35-34-48-45-22-7-9-26-52(45)67(56(48)57(49)68)43-21-12-20-42(36-43)44-24-13-25-51-58(44)69-61(63-51)41-16-5-2-6-17-41/h1-36H. The molecule has 0 N–H and O–H groups in total. The van der Waals surface area contributed by atoms with E-state index in [1.807, 2.05) is 54.6 Å². The predicted octanol–water partition coefficient (Wildman–Crippen LogP) is 15.8. The fraction of sp³-hybridized carbons (Fsp3) is 0. The highest BCUT2D eigenvalue weighted by Crippen LogP contribution is 2.44. The molecule has 7 nitrogen and oxygen atoms in total. The number of benzene rings is 11. The Morgan fingerprint density at radius 3 is 1.70 bits per heavy atom. The van der Waals surface area contributed by atoms with Gasteiger partial charge in [0.15, 0.2) is 17.2 Å². The van der Waals surface area contributed by atoms with Crippen LogP contribution in [0.1, 0.15) is 0 Å². The summed E-state index contributed by atoms with van der Waals surface area (Å²) >= 11 is 0. The van der Waals surface area contributed by atoms with Crippen molar-refractivity contribution in [2.75, 3.05) is 0 Å². The molecule has 0 spiro atoms. The van der Waals surface area contributed by atoms with E-state index in [4.69, 9.17) is 24.4 Å². The van der Waals surface area contributed by atoms with Crippen LogP contribution in [0.5, 0.6) is 0 Å². The molecular formula is C62H36N6O. The highest BCUT2D eigenvalue weighted by Gasteiger charge is 2.25. The summed E-state index contributed by atoms with van der Waals surface area (Å²) in [4.78, 5) is 21.2. The summed E-state index contributed by atoms with van der Waals surface area (Å²) in [6.45, 7) is 0. The van der Waals surface area contributed by atoms with Gasteiger partial charge in [0.2, 0.25) is 11.8 Å². The molecule has 0 aliphatic rings. The van der Waals surface area contributed by atoms with Crippen molar-refractivity contribution in [3.05, 3.63) is 218 Å². The van der Waals surface area contributed by atoms with Crippen LogP contribution in [0.2, 0.25) is 0 Å². The molecule has 320 valence electrons. The minimum atomic E-state index is 0.542. The average Bonchev–Trinajstić information content (AvgIpc) is 4.11. The van der Waals surface area contributed by atoms with Crippen LogP contribution >= 0.6 is 0 Å². The maximum Gasteiger partial charge on any atom is 0.238 e. The van der Waals surface area contributed by atoms with Gasteiger partial charge in [-0.1, -0.05) is 170 Å². The minimum Gasteiger partial charge on any atom is -0.435 e. The molecule has 0 saturated heterocycles. The molecule has 15 rings (SSSR count). The van der Waals surface area contributed by atoms with E-state index < -0.39 is 0 Å². The Morgan fingerprint density at radius 2 is 0.928 bits per heavy atom. The Labute approximate surface area is 394 Å². The van der Waals surface area contributed by atoms with Crippen LogP contribution in [0.25, 0.3) is 144 Å². The Kier molecular flexibility index (Phi) is 7.94. The van der Waals surface area contributed by atoms with Gasteiger partial charge in [0.05, 0.1) is 22.1 Å². The number of rotatable bonds is 6. The van der Waals surface area contributed by atoms with Gasteiger partial charge in [-0.15, -0.1) is 0 Å². The summed E-state index contributed by atoms with van der Waals surface area (Å²) in [5.74, 6) is 2.35. The third-order valence-electron chi connectivity index (χ3n) is 13.9. The Morgan fingerprint density at radius 1 is 0.348 bits per heavy atom. The first-order chi connectivity index (χ1) is 34.2. The molecule has 11 aromatic carbocycles. The van der Waals surface area contributed by atoms with Crippen LogP contribution in [0.4, 0.5) is 0 Å². The normalized spacial score (nSPS) is 12.1. The molecule has 7 heteroatoms. The lowest BCUT2D eigenvalue weighted by molar-refractivity contribution is 0.621. The van der Waals surface area contributed by atoms with Gasteiger partial charge in [-0.3, -0.25) is 4.57 Å². The monoisotopic (exact) mass is 880 g/mol. The maximum atomic E-state index is 6.56. The number of fused-ring (bicyclic) bond motifs is 8. The van der Waals surface area contributed by atoms with E-state index in [-0.39, 0.29) is 0 Å². The van der Waals surface area contributed by atoms with Crippen LogP contribution in [-0.2, 0) is 0 Å². The third kappa shape index (κ3) is 5.62. The highest BCUT2D eigenvalue weighted by atomic mass is 16.3. The van der Waals surface area contributed by atoms with Crippen molar-refractivity contribution in [1.29, 1.82) is 0 Å². The highest BCUT2D eigenvalue weighted by molar-refractivity contribution is 6.26. The second-order valence-corrected chi connectivity index (χ2v) is 17.8. The topological polar surface area (TPSA) is 74.6 Å². The van der Waals surface area contributed by atoms with Gasteiger partial charge >= 0.3 is 0 Å². The first kappa shape index (κ1) is 37.7. The maximum absolute atomic E-state index is 6.56. The van der Waals surface area contributed by atoms with E-state index in [1.165, 1.54) is 26.9 Å². The van der Waals surface area contributed by atoms with Crippen molar-refractivity contribution in [1.82, 2.24) is 29.1 Å². The second kappa shape index (κ2) is 14.5. The minimum absolute atomic E-state index is 0.542. The molecule has 0 amide bonds. The van der Waals surface area contributed by atoms with Gasteiger partial charge in [-0.2, -0.15) is 9.97 Å². The van der Waals surface area contributed by atoms with Crippen molar-refractivity contribution in [2.45, 2.75) is 0 Å². The summed E-state index contributed by atoms with van der Waals surface area (Å²) in [5.41, 5.74) is 11.5. The molecule has 0 bridgehead atoms. The number of oxazole rings is 1. The van der Waals surface area contributed by atoms with Crippen LogP contribution in [0.15, 0.2) is 223 Å². The molecule has 15 aromatic rings. The van der Waals surface area contributed by atoms with Crippen molar-refractivity contribution in [3.63, 3.8) is 0 Å². The van der Waals surface area contributed by atoms with E-state index in [1.54, 1.807) is 0 Å². The Balaban J connectivity index is 1.01. The van der Waals surface area contributed by atoms with Crippen LogP contribution in [0.3, 0.4) is 0 Å². The molecule has 0 unspecified atom stereocenters. The fourth-order valence-electron chi connectivity index (χ4n) is 10.9. The smallest absolute Gasteiger partial charge is 0.238 e. The average molecular weight is 881 g/mol. The summed E-state index contributed by atoms with van der Waals surface area (Å²) in [7, 11) is 0. The summed E-state index contributed by atoms with van der Waals surface area (Å²) in [6.07, 6.45) is 0. The van der Waals surface area contributed by atoms with E-state index in [9.17, 15) is 0 Å². The van der Waals surface area contributed by atoms with Crippen LogP contribution in [-0.4, -0.2) is 29.1 Å². The lowest BCUT2D eigenvalue weighted by atomic mass is 9.92. The van der Waals surface area contributed by atoms with Crippen molar-refractivity contribution in [2.24, 2.45) is 0 Å². The molecule has 0 aliphatic heterocycles. The Bertz CT molecular complexity index is 4530.